The van der Waals surface area contributed by atoms with Crippen molar-refractivity contribution in [3.8, 4) is 11.3 Å². The molecule has 0 radical (unpaired) electrons. The Bertz CT molecular complexity index is 1530. The number of rotatable bonds is 7. The van der Waals surface area contributed by atoms with Crippen LogP contribution >= 0.6 is 0 Å². The van der Waals surface area contributed by atoms with Gasteiger partial charge in [0, 0.05) is 22.5 Å². The maximum Gasteiger partial charge on any atom is 0.278 e. The fourth-order valence-corrected chi connectivity index (χ4v) is 3.64. The molecule has 2 aromatic heterocycles. The molecule has 0 aliphatic heterocycles. The van der Waals surface area contributed by atoms with Crippen molar-refractivity contribution in [3.63, 3.8) is 0 Å². The summed E-state index contributed by atoms with van der Waals surface area (Å²) in [5, 5.41) is 8.68. The first-order chi connectivity index (χ1) is 18.1. The topological polar surface area (TPSA) is 122 Å². The number of aryl methyl sites for hydroxylation is 1. The zero-order valence-electron chi connectivity index (χ0n) is 19.8. The second-order valence-corrected chi connectivity index (χ2v) is 8.12. The van der Waals surface area contributed by atoms with Gasteiger partial charge in [-0.3, -0.25) is 9.59 Å². The summed E-state index contributed by atoms with van der Waals surface area (Å²) in [4.78, 5) is 38.5. The lowest BCUT2D eigenvalue weighted by Crippen LogP contribution is -2.16. The Balaban J connectivity index is 1.28. The van der Waals surface area contributed by atoms with Gasteiger partial charge in [-0.2, -0.15) is 0 Å². The van der Waals surface area contributed by atoms with Crippen molar-refractivity contribution in [2.75, 3.05) is 16.0 Å². The zero-order chi connectivity index (χ0) is 25.6. The highest BCUT2D eigenvalue weighted by Crippen LogP contribution is 2.24. The number of hydrogen-bond donors (Lipinski definition) is 3. The molecule has 2 heterocycles. The van der Waals surface area contributed by atoms with Crippen LogP contribution in [0.1, 0.15) is 26.4 Å². The maximum absolute atomic E-state index is 13.0. The fraction of sp³-hybridized carbons (Fsp3) is 0.0357. The molecule has 9 nitrogen and oxygen atoms in total. The highest BCUT2D eigenvalue weighted by Gasteiger charge is 2.19. The highest BCUT2D eigenvalue weighted by atomic mass is 16.3. The van der Waals surface area contributed by atoms with Crippen molar-refractivity contribution in [2.24, 2.45) is 0 Å². The van der Waals surface area contributed by atoms with Crippen molar-refractivity contribution >= 4 is 34.8 Å². The van der Waals surface area contributed by atoms with Gasteiger partial charge in [0.05, 0.1) is 18.1 Å². The van der Waals surface area contributed by atoms with Crippen LogP contribution in [0, 0.1) is 6.92 Å². The van der Waals surface area contributed by atoms with E-state index in [2.05, 4.69) is 30.9 Å². The lowest BCUT2D eigenvalue weighted by molar-refractivity contribution is 0.101. The predicted octanol–water partition coefficient (Wildman–Crippen LogP) is 5.69. The Morgan fingerprint density at radius 3 is 2.14 bits per heavy atom. The summed E-state index contributed by atoms with van der Waals surface area (Å²) >= 11 is 0. The molecule has 0 saturated heterocycles. The Kier molecular flexibility index (Phi) is 6.67. The molecule has 2 amide bonds. The molecule has 5 aromatic rings. The Morgan fingerprint density at radius 2 is 1.41 bits per heavy atom. The first-order valence-electron chi connectivity index (χ1n) is 11.4. The van der Waals surface area contributed by atoms with Crippen LogP contribution in [0.25, 0.3) is 11.3 Å². The van der Waals surface area contributed by atoms with Crippen LogP contribution < -0.4 is 16.0 Å². The number of nitrogens with one attached hydrogen (secondary N) is 3. The van der Waals surface area contributed by atoms with Crippen molar-refractivity contribution in [1.29, 1.82) is 0 Å². The maximum atomic E-state index is 13.0. The molecule has 0 aliphatic carbocycles. The molecule has 0 spiro atoms. The standard InChI is InChI=1S/C28H22N6O3/c1-18-12-13-21(32-27(36)24-25(37-17-31-24)19-8-4-2-5-9-19)14-23(18)26(35)33-22-15-29-28(30-16-22)34-20-10-6-3-7-11-20/h2-17H,1H3,(H,32,36)(H,33,35)(H,29,30,34). The summed E-state index contributed by atoms with van der Waals surface area (Å²) in [6.07, 6.45) is 4.27. The van der Waals surface area contributed by atoms with E-state index in [0.29, 0.717) is 28.6 Å². The minimum absolute atomic E-state index is 0.152. The van der Waals surface area contributed by atoms with Crippen LogP contribution in [-0.2, 0) is 0 Å². The smallest absolute Gasteiger partial charge is 0.278 e. The van der Waals surface area contributed by atoms with Gasteiger partial charge in [0.25, 0.3) is 11.8 Å². The van der Waals surface area contributed by atoms with Crippen molar-refractivity contribution < 1.29 is 14.0 Å². The summed E-state index contributed by atoms with van der Waals surface area (Å²) in [7, 11) is 0. The average Bonchev–Trinajstić information content (AvgIpc) is 3.42. The van der Waals surface area contributed by atoms with E-state index in [0.717, 1.165) is 16.8 Å². The van der Waals surface area contributed by atoms with Crippen molar-refractivity contribution in [3.05, 3.63) is 114 Å². The van der Waals surface area contributed by atoms with Gasteiger partial charge < -0.3 is 20.4 Å². The molecule has 0 fully saturated rings. The third-order valence-electron chi connectivity index (χ3n) is 5.50. The number of oxazole rings is 1. The van der Waals surface area contributed by atoms with Gasteiger partial charge in [-0.1, -0.05) is 54.6 Å². The molecule has 0 unspecified atom stereocenters. The number of hydrogen-bond acceptors (Lipinski definition) is 7. The summed E-state index contributed by atoms with van der Waals surface area (Å²) in [5.41, 5.74) is 3.77. The Labute approximate surface area is 212 Å². The van der Waals surface area contributed by atoms with Gasteiger partial charge in [0.1, 0.15) is 0 Å². The van der Waals surface area contributed by atoms with Gasteiger partial charge in [0.2, 0.25) is 5.95 Å². The first kappa shape index (κ1) is 23.4. The minimum atomic E-state index is -0.447. The molecular formula is C28H22N6O3. The van der Waals surface area contributed by atoms with E-state index < -0.39 is 5.91 Å². The van der Waals surface area contributed by atoms with Crippen molar-refractivity contribution in [2.45, 2.75) is 6.92 Å². The van der Waals surface area contributed by atoms with Crippen LogP contribution in [0.3, 0.4) is 0 Å². The van der Waals surface area contributed by atoms with Crippen LogP contribution in [0.4, 0.5) is 23.0 Å². The van der Waals surface area contributed by atoms with Gasteiger partial charge in [-0.05, 0) is 36.8 Å². The number of benzene rings is 3. The summed E-state index contributed by atoms with van der Waals surface area (Å²) < 4.78 is 5.45. The van der Waals surface area contributed by atoms with Crippen LogP contribution in [0.5, 0.6) is 0 Å². The summed E-state index contributed by atoms with van der Waals surface area (Å²) in [5.74, 6) is -0.0220. The molecule has 9 heteroatoms. The summed E-state index contributed by atoms with van der Waals surface area (Å²) in [6, 6.07) is 23.9. The third kappa shape index (κ3) is 5.51. The molecule has 37 heavy (non-hydrogen) atoms. The Morgan fingerprint density at radius 1 is 0.730 bits per heavy atom. The fourth-order valence-electron chi connectivity index (χ4n) is 3.64. The molecule has 182 valence electrons. The normalized spacial score (nSPS) is 10.5. The number of carbonyl (C=O) groups excluding carboxylic acids is 2. The van der Waals surface area contributed by atoms with Gasteiger partial charge >= 0.3 is 0 Å². The van der Waals surface area contributed by atoms with Gasteiger partial charge in [0.15, 0.2) is 17.8 Å². The molecule has 3 N–H and O–H groups in total. The molecule has 5 rings (SSSR count). The molecular weight excluding hydrogens is 468 g/mol. The number of carbonyl (C=O) groups is 2. The minimum Gasteiger partial charge on any atom is -0.443 e. The van der Waals surface area contributed by atoms with E-state index in [4.69, 9.17) is 4.42 Å². The molecule has 0 bridgehead atoms. The second kappa shape index (κ2) is 10.5. The number of nitrogens with zero attached hydrogens (tertiary/aromatic N) is 3. The molecule has 0 saturated carbocycles. The van der Waals surface area contributed by atoms with Crippen molar-refractivity contribution in [1.82, 2.24) is 15.0 Å². The monoisotopic (exact) mass is 490 g/mol. The quantitative estimate of drug-likeness (QED) is 0.268. The van der Waals surface area contributed by atoms with Gasteiger partial charge in [-0.15, -0.1) is 0 Å². The van der Waals surface area contributed by atoms with E-state index in [1.807, 2.05) is 67.6 Å². The van der Waals surface area contributed by atoms with E-state index in [-0.39, 0.29) is 11.6 Å². The van der Waals surface area contributed by atoms with Crippen LogP contribution in [0.2, 0.25) is 0 Å². The molecule has 0 aliphatic rings. The number of aromatic nitrogens is 3. The largest absolute Gasteiger partial charge is 0.443 e. The van der Waals surface area contributed by atoms with E-state index in [9.17, 15) is 9.59 Å². The first-order valence-corrected chi connectivity index (χ1v) is 11.4. The molecule has 0 atom stereocenters. The van der Waals surface area contributed by atoms with E-state index in [1.54, 1.807) is 18.2 Å². The second-order valence-electron chi connectivity index (χ2n) is 8.12. The number of anilines is 4. The van der Waals surface area contributed by atoms with Crippen LogP contribution in [0.15, 0.2) is 102 Å². The zero-order valence-corrected chi connectivity index (χ0v) is 19.8. The lowest BCUT2D eigenvalue weighted by atomic mass is 10.1. The third-order valence-corrected chi connectivity index (χ3v) is 5.50. The summed E-state index contributed by atoms with van der Waals surface area (Å²) in [6.45, 7) is 1.81. The van der Waals surface area contributed by atoms with Crippen LogP contribution in [-0.4, -0.2) is 26.8 Å². The lowest BCUT2D eigenvalue weighted by Gasteiger charge is -2.11. The highest BCUT2D eigenvalue weighted by molar-refractivity contribution is 6.09. The number of para-hydroxylation sites is 1. The van der Waals surface area contributed by atoms with E-state index in [1.165, 1.54) is 18.8 Å². The Hall–Kier alpha value is -5.31. The SMILES string of the molecule is Cc1ccc(NC(=O)c2ncoc2-c2ccccc2)cc1C(=O)Nc1cnc(Nc2ccccc2)nc1. The van der Waals surface area contributed by atoms with Gasteiger partial charge in [-0.25, -0.2) is 15.0 Å². The number of amides is 2. The average molecular weight is 491 g/mol. The predicted molar refractivity (Wildman–Crippen MR) is 141 cm³/mol. The van der Waals surface area contributed by atoms with E-state index >= 15 is 0 Å². The molecule has 3 aromatic carbocycles.